The standard InChI is InChI=1S/C13H20N2O3/c1-10(2)6-7-18-9-11-4-5-12(14-3)13(8-11)15(16)17/h4-5,8,10,14H,6-7,9H2,1-3H3. The number of nitrogens with one attached hydrogen (secondary N) is 1. The van der Waals surface area contributed by atoms with Gasteiger partial charge in [0.25, 0.3) is 5.69 Å². The monoisotopic (exact) mass is 252 g/mol. The molecule has 0 fully saturated rings. The Kier molecular flexibility index (Phi) is 5.58. The van der Waals surface area contributed by atoms with Crippen LogP contribution in [0.3, 0.4) is 0 Å². The number of nitro groups is 1. The molecule has 0 heterocycles. The number of anilines is 1. The van der Waals surface area contributed by atoms with Crippen LogP contribution in [0.1, 0.15) is 25.8 Å². The lowest BCUT2D eigenvalue weighted by Gasteiger charge is -2.08. The summed E-state index contributed by atoms with van der Waals surface area (Å²) < 4.78 is 5.50. The second-order valence-corrected chi connectivity index (χ2v) is 4.59. The van der Waals surface area contributed by atoms with Crippen molar-refractivity contribution in [3.63, 3.8) is 0 Å². The molecule has 0 aliphatic rings. The van der Waals surface area contributed by atoms with E-state index in [0.29, 0.717) is 24.8 Å². The zero-order chi connectivity index (χ0) is 13.5. The Morgan fingerprint density at radius 1 is 1.44 bits per heavy atom. The van der Waals surface area contributed by atoms with Crippen molar-refractivity contribution in [2.45, 2.75) is 26.9 Å². The largest absolute Gasteiger partial charge is 0.383 e. The first-order valence-electron chi connectivity index (χ1n) is 6.07. The Balaban J connectivity index is 2.62. The van der Waals surface area contributed by atoms with Crippen LogP contribution < -0.4 is 5.32 Å². The Morgan fingerprint density at radius 2 is 2.17 bits per heavy atom. The molecule has 100 valence electrons. The minimum atomic E-state index is -0.385. The van der Waals surface area contributed by atoms with Crippen LogP contribution in [0.5, 0.6) is 0 Å². The number of nitro benzene ring substituents is 1. The number of nitrogens with zero attached hydrogens (tertiary/aromatic N) is 1. The first kappa shape index (κ1) is 14.4. The summed E-state index contributed by atoms with van der Waals surface area (Å²) in [7, 11) is 1.67. The molecule has 18 heavy (non-hydrogen) atoms. The van der Waals surface area contributed by atoms with E-state index in [-0.39, 0.29) is 10.6 Å². The third-order valence-corrected chi connectivity index (χ3v) is 2.64. The smallest absolute Gasteiger partial charge is 0.292 e. The van der Waals surface area contributed by atoms with Gasteiger partial charge in [0.1, 0.15) is 5.69 Å². The summed E-state index contributed by atoms with van der Waals surface area (Å²) in [5.74, 6) is 0.603. The van der Waals surface area contributed by atoms with E-state index in [1.165, 1.54) is 0 Å². The molecule has 0 atom stereocenters. The van der Waals surface area contributed by atoms with Crippen molar-refractivity contribution in [3.05, 3.63) is 33.9 Å². The molecule has 0 aliphatic heterocycles. The Bertz CT molecular complexity index is 405. The van der Waals surface area contributed by atoms with E-state index in [1.54, 1.807) is 19.2 Å². The molecule has 5 heteroatoms. The van der Waals surface area contributed by atoms with E-state index in [4.69, 9.17) is 4.74 Å². The third kappa shape index (κ3) is 4.33. The molecule has 0 radical (unpaired) electrons. The van der Waals surface area contributed by atoms with E-state index in [2.05, 4.69) is 19.2 Å². The quantitative estimate of drug-likeness (QED) is 0.460. The average Bonchev–Trinajstić information content (AvgIpc) is 2.34. The molecule has 0 amide bonds. The van der Waals surface area contributed by atoms with Gasteiger partial charge in [0.15, 0.2) is 0 Å². The molecule has 1 aromatic carbocycles. The van der Waals surface area contributed by atoms with Gasteiger partial charge in [-0.15, -0.1) is 0 Å². The highest BCUT2D eigenvalue weighted by atomic mass is 16.6. The van der Waals surface area contributed by atoms with E-state index in [1.807, 2.05) is 6.07 Å². The van der Waals surface area contributed by atoms with Gasteiger partial charge in [-0.3, -0.25) is 10.1 Å². The van der Waals surface area contributed by atoms with E-state index < -0.39 is 0 Å². The van der Waals surface area contributed by atoms with Crippen LogP contribution in [0.4, 0.5) is 11.4 Å². The molecular weight excluding hydrogens is 232 g/mol. The first-order valence-corrected chi connectivity index (χ1v) is 6.07. The van der Waals surface area contributed by atoms with Crippen LogP contribution in [-0.4, -0.2) is 18.6 Å². The van der Waals surface area contributed by atoms with Crippen molar-refractivity contribution < 1.29 is 9.66 Å². The molecule has 0 spiro atoms. The Hall–Kier alpha value is -1.62. The summed E-state index contributed by atoms with van der Waals surface area (Å²) in [4.78, 5) is 10.5. The normalized spacial score (nSPS) is 10.7. The van der Waals surface area contributed by atoms with Crippen molar-refractivity contribution in [1.29, 1.82) is 0 Å². The highest BCUT2D eigenvalue weighted by Gasteiger charge is 2.13. The van der Waals surface area contributed by atoms with Gasteiger partial charge < -0.3 is 10.1 Å². The zero-order valence-corrected chi connectivity index (χ0v) is 11.1. The Morgan fingerprint density at radius 3 is 2.72 bits per heavy atom. The summed E-state index contributed by atoms with van der Waals surface area (Å²) in [6, 6.07) is 5.11. The number of benzene rings is 1. The second-order valence-electron chi connectivity index (χ2n) is 4.59. The summed E-state index contributed by atoms with van der Waals surface area (Å²) >= 11 is 0. The summed E-state index contributed by atoms with van der Waals surface area (Å²) in [6.45, 7) is 5.36. The lowest BCUT2D eigenvalue weighted by Crippen LogP contribution is -2.01. The fourth-order valence-electron chi connectivity index (χ4n) is 1.54. The molecular formula is C13H20N2O3. The SMILES string of the molecule is CNc1ccc(COCCC(C)C)cc1[N+](=O)[O-]. The van der Waals surface area contributed by atoms with Gasteiger partial charge >= 0.3 is 0 Å². The third-order valence-electron chi connectivity index (χ3n) is 2.64. The number of hydrogen-bond acceptors (Lipinski definition) is 4. The molecule has 0 bridgehead atoms. The van der Waals surface area contributed by atoms with Crippen LogP contribution >= 0.6 is 0 Å². The topological polar surface area (TPSA) is 64.4 Å². The number of ether oxygens (including phenoxy) is 1. The molecule has 1 N–H and O–H groups in total. The Labute approximate surface area is 107 Å². The van der Waals surface area contributed by atoms with Crippen LogP contribution in [-0.2, 0) is 11.3 Å². The molecule has 0 aliphatic carbocycles. The van der Waals surface area contributed by atoms with Crippen molar-refractivity contribution >= 4 is 11.4 Å². The second kappa shape index (κ2) is 6.96. The van der Waals surface area contributed by atoms with Crippen LogP contribution in [0.15, 0.2) is 18.2 Å². The maximum absolute atomic E-state index is 10.9. The fourth-order valence-corrected chi connectivity index (χ4v) is 1.54. The van der Waals surface area contributed by atoms with Crippen molar-refractivity contribution in [2.24, 2.45) is 5.92 Å². The van der Waals surface area contributed by atoms with Gasteiger partial charge in [-0.25, -0.2) is 0 Å². The molecule has 0 saturated carbocycles. The van der Waals surface area contributed by atoms with Crippen LogP contribution in [0.2, 0.25) is 0 Å². The molecule has 1 rings (SSSR count). The molecule has 0 saturated heterocycles. The highest BCUT2D eigenvalue weighted by Crippen LogP contribution is 2.25. The van der Waals surface area contributed by atoms with Gasteiger partial charge in [-0.05, 0) is 24.0 Å². The minimum Gasteiger partial charge on any atom is -0.383 e. The van der Waals surface area contributed by atoms with Gasteiger partial charge in [0.05, 0.1) is 11.5 Å². The molecule has 0 unspecified atom stereocenters. The van der Waals surface area contributed by atoms with Crippen molar-refractivity contribution in [2.75, 3.05) is 19.0 Å². The average molecular weight is 252 g/mol. The summed E-state index contributed by atoms with van der Waals surface area (Å²) in [6.07, 6.45) is 0.997. The fraction of sp³-hybridized carbons (Fsp3) is 0.538. The molecule has 0 aromatic heterocycles. The van der Waals surface area contributed by atoms with Gasteiger partial charge in [-0.2, -0.15) is 0 Å². The first-order chi connectivity index (χ1) is 8.54. The maximum atomic E-state index is 10.9. The molecule has 1 aromatic rings. The van der Waals surface area contributed by atoms with Gasteiger partial charge in [-0.1, -0.05) is 19.9 Å². The zero-order valence-electron chi connectivity index (χ0n) is 11.1. The van der Waals surface area contributed by atoms with Crippen molar-refractivity contribution in [1.82, 2.24) is 0 Å². The van der Waals surface area contributed by atoms with Gasteiger partial charge in [0, 0.05) is 19.7 Å². The van der Waals surface area contributed by atoms with E-state index in [9.17, 15) is 10.1 Å². The predicted molar refractivity (Wildman–Crippen MR) is 71.8 cm³/mol. The predicted octanol–water partition coefficient (Wildman–Crippen LogP) is 3.20. The number of rotatable bonds is 7. The van der Waals surface area contributed by atoms with Crippen molar-refractivity contribution in [3.8, 4) is 0 Å². The van der Waals surface area contributed by atoms with Gasteiger partial charge in [0.2, 0.25) is 0 Å². The van der Waals surface area contributed by atoms with E-state index in [0.717, 1.165) is 12.0 Å². The summed E-state index contributed by atoms with van der Waals surface area (Å²) in [5, 5.41) is 13.7. The summed E-state index contributed by atoms with van der Waals surface area (Å²) in [5.41, 5.74) is 1.43. The lowest BCUT2D eigenvalue weighted by molar-refractivity contribution is -0.384. The molecule has 5 nitrogen and oxygen atoms in total. The van der Waals surface area contributed by atoms with E-state index >= 15 is 0 Å². The maximum Gasteiger partial charge on any atom is 0.292 e. The number of hydrogen-bond donors (Lipinski definition) is 1. The minimum absolute atomic E-state index is 0.0856. The van der Waals surface area contributed by atoms with Crippen LogP contribution in [0, 0.1) is 16.0 Å². The van der Waals surface area contributed by atoms with Crippen LogP contribution in [0.25, 0.3) is 0 Å². The lowest BCUT2D eigenvalue weighted by atomic mass is 10.1. The highest BCUT2D eigenvalue weighted by molar-refractivity contribution is 5.62.